The summed E-state index contributed by atoms with van der Waals surface area (Å²) in [4.78, 5) is 15.4. The number of alkyl halides is 1. The van der Waals surface area contributed by atoms with Gasteiger partial charge in [0.05, 0.1) is 12.6 Å². The molecule has 0 radical (unpaired) electrons. The van der Waals surface area contributed by atoms with E-state index in [0.717, 1.165) is 57.9 Å². The number of nitrogens with zero attached hydrogens (tertiary/aromatic N) is 4. The van der Waals surface area contributed by atoms with Crippen molar-refractivity contribution < 1.29 is 18.3 Å². The van der Waals surface area contributed by atoms with Crippen molar-refractivity contribution in [1.82, 2.24) is 15.0 Å². The molecule has 180 valence electrons. The third kappa shape index (κ3) is 4.68. The molecule has 1 saturated heterocycles. The normalized spacial score (nSPS) is 28.2. The molecule has 2 aliphatic heterocycles. The van der Waals surface area contributed by atoms with Gasteiger partial charge in [0, 0.05) is 12.0 Å². The Morgan fingerprint density at radius 2 is 1.94 bits per heavy atom. The second kappa shape index (κ2) is 9.35. The van der Waals surface area contributed by atoms with E-state index in [1.165, 1.54) is 0 Å². The Morgan fingerprint density at radius 3 is 2.82 bits per heavy atom. The Morgan fingerprint density at radius 1 is 1.12 bits per heavy atom. The predicted octanol–water partition coefficient (Wildman–Crippen LogP) is 6.04. The van der Waals surface area contributed by atoms with Crippen LogP contribution < -0.4 is 14.4 Å². The number of hydrogen-bond donors (Lipinski definition) is 0. The third-order valence-corrected chi connectivity index (χ3v) is 7.55. The summed E-state index contributed by atoms with van der Waals surface area (Å²) in [5, 5.41) is 0.159. The molecule has 0 bridgehead atoms. The molecule has 2 aromatic heterocycles. The second-order valence-corrected chi connectivity index (χ2v) is 10.4. The molecule has 0 amide bonds. The van der Waals surface area contributed by atoms with Crippen molar-refractivity contribution in [3.8, 4) is 11.9 Å². The van der Waals surface area contributed by atoms with E-state index in [9.17, 15) is 4.39 Å². The molecule has 1 unspecified atom stereocenters. The fraction of sp³-hybridized carbons (Fsp3) is 0.708. The van der Waals surface area contributed by atoms with Crippen molar-refractivity contribution in [3.05, 3.63) is 11.0 Å². The van der Waals surface area contributed by atoms with Crippen molar-refractivity contribution in [2.24, 2.45) is 5.41 Å². The molecular weight excluding hydrogens is 450 g/mol. The van der Waals surface area contributed by atoms with Crippen molar-refractivity contribution in [2.75, 3.05) is 24.7 Å². The first-order chi connectivity index (χ1) is 15.9. The number of anilines is 1. The molecule has 0 spiro atoms. The zero-order valence-corrected chi connectivity index (χ0v) is 19.8. The summed E-state index contributed by atoms with van der Waals surface area (Å²) >= 11 is 6.08. The van der Waals surface area contributed by atoms with Crippen LogP contribution >= 0.6 is 11.6 Å². The van der Waals surface area contributed by atoms with E-state index in [4.69, 9.17) is 26.1 Å². The van der Waals surface area contributed by atoms with Gasteiger partial charge in [0.15, 0.2) is 11.0 Å². The first-order valence-electron chi connectivity index (χ1n) is 12.2. The zero-order valence-electron chi connectivity index (χ0n) is 19.1. The third-order valence-electron chi connectivity index (χ3n) is 7.30. The predicted molar refractivity (Wildman–Crippen MR) is 124 cm³/mol. The van der Waals surface area contributed by atoms with Gasteiger partial charge in [-0.3, -0.25) is 0 Å². The fourth-order valence-electron chi connectivity index (χ4n) is 5.46. The Labute approximate surface area is 198 Å². The van der Waals surface area contributed by atoms with E-state index >= 15 is 4.39 Å². The van der Waals surface area contributed by atoms with Gasteiger partial charge < -0.3 is 14.4 Å². The van der Waals surface area contributed by atoms with Crippen LogP contribution in [-0.2, 0) is 0 Å². The number of halogens is 3. The van der Waals surface area contributed by atoms with E-state index < -0.39 is 12.0 Å². The number of pyridine rings is 1. The van der Waals surface area contributed by atoms with E-state index in [-0.39, 0.29) is 40.6 Å². The minimum absolute atomic E-state index is 0.0566. The standard InChI is InChI=1S/C24H31ClF2N4O2/c1-24(10-6-2-4-8-15(26)12-24)14-33-23-28-19-17-21(30-23)31-11-7-3-5-9-16(31)13-32-22(17)29-20(25)18(19)27/h15-16H,2-14H2,1H3/t15-,16-,24?/m0/s1. The van der Waals surface area contributed by atoms with Gasteiger partial charge in [-0.05, 0) is 32.1 Å². The van der Waals surface area contributed by atoms with Gasteiger partial charge in [-0.2, -0.15) is 15.0 Å². The van der Waals surface area contributed by atoms with Crippen molar-refractivity contribution in [2.45, 2.75) is 83.3 Å². The summed E-state index contributed by atoms with van der Waals surface area (Å²) < 4.78 is 41.5. The highest BCUT2D eigenvalue weighted by Crippen LogP contribution is 2.41. The van der Waals surface area contributed by atoms with Crippen LogP contribution in [0.4, 0.5) is 14.6 Å². The van der Waals surface area contributed by atoms with Crippen LogP contribution in [0.3, 0.4) is 0 Å². The quantitative estimate of drug-likeness (QED) is 0.499. The summed E-state index contributed by atoms with van der Waals surface area (Å²) in [5.74, 6) is 0.142. The van der Waals surface area contributed by atoms with Crippen molar-refractivity contribution in [1.29, 1.82) is 0 Å². The summed E-state index contributed by atoms with van der Waals surface area (Å²) in [6.07, 6.45) is 8.32. The molecule has 9 heteroatoms. The average molecular weight is 481 g/mol. The maximum absolute atomic E-state index is 15.1. The number of ether oxygens (including phenoxy) is 2. The minimum Gasteiger partial charge on any atom is -0.475 e. The lowest BCUT2D eigenvalue weighted by molar-refractivity contribution is 0.0844. The summed E-state index contributed by atoms with van der Waals surface area (Å²) in [7, 11) is 0. The van der Waals surface area contributed by atoms with Crippen LogP contribution in [-0.4, -0.2) is 46.9 Å². The van der Waals surface area contributed by atoms with Crippen molar-refractivity contribution in [3.63, 3.8) is 0 Å². The summed E-state index contributed by atoms with van der Waals surface area (Å²) in [6, 6.07) is 0.207. The molecule has 2 fully saturated rings. The van der Waals surface area contributed by atoms with Gasteiger partial charge >= 0.3 is 6.01 Å². The monoisotopic (exact) mass is 480 g/mol. The van der Waals surface area contributed by atoms with Crippen molar-refractivity contribution >= 4 is 28.3 Å². The molecule has 0 N–H and O–H groups in total. The smallest absolute Gasteiger partial charge is 0.319 e. The van der Waals surface area contributed by atoms with Crippen LogP contribution in [0.2, 0.25) is 5.15 Å². The maximum Gasteiger partial charge on any atom is 0.319 e. The van der Waals surface area contributed by atoms with Gasteiger partial charge in [-0.15, -0.1) is 0 Å². The van der Waals surface area contributed by atoms with Gasteiger partial charge in [0.2, 0.25) is 5.88 Å². The first kappa shape index (κ1) is 22.8. The SMILES string of the molecule is CC1(COc2nc3c4c(nc(Cl)c(F)c4n2)OC[C@@H]2CCCCCN32)CCCCC[C@H](F)C1. The fourth-order valence-corrected chi connectivity index (χ4v) is 5.63. The molecule has 2 aromatic rings. The Balaban J connectivity index is 1.52. The lowest BCUT2D eigenvalue weighted by Gasteiger charge is -2.32. The van der Waals surface area contributed by atoms with Crippen LogP contribution in [0.25, 0.3) is 10.9 Å². The number of rotatable bonds is 3. The Hall–Kier alpha value is -1.96. The summed E-state index contributed by atoms with van der Waals surface area (Å²) in [6.45, 7) is 3.57. The second-order valence-electron chi connectivity index (χ2n) is 10.1. The molecule has 5 rings (SSSR count). The molecule has 6 nitrogen and oxygen atoms in total. The first-order valence-corrected chi connectivity index (χ1v) is 12.5. The van der Waals surface area contributed by atoms with Crippen LogP contribution in [0.5, 0.6) is 11.9 Å². The van der Waals surface area contributed by atoms with E-state index in [2.05, 4.69) is 21.8 Å². The van der Waals surface area contributed by atoms with Gasteiger partial charge in [-0.25, -0.2) is 8.78 Å². The number of hydrogen-bond acceptors (Lipinski definition) is 6. The van der Waals surface area contributed by atoms with E-state index in [0.29, 0.717) is 30.7 Å². The maximum atomic E-state index is 15.1. The van der Waals surface area contributed by atoms with E-state index in [1.807, 2.05) is 0 Å². The molecule has 3 atom stereocenters. The van der Waals surface area contributed by atoms with Crippen LogP contribution in [0.1, 0.15) is 71.1 Å². The molecule has 4 heterocycles. The van der Waals surface area contributed by atoms with Crippen LogP contribution in [0.15, 0.2) is 0 Å². The molecule has 3 aliphatic rings. The van der Waals surface area contributed by atoms with Gasteiger partial charge in [0.1, 0.15) is 29.5 Å². The molecule has 1 saturated carbocycles. The number of aromatic nitrogens is 3. The molecule has 33 heavy (non-hydrogen) atoms. The lowest BCUT2D eigenvalue weighted by Crippen LogP contribution is -2.38. The highest BCUT2D eigenvalue weighted by atomic mass is 35.5. The zero-order chi connectivity index (χ0) is 23.0. The molecular formula is C24H31ClF2N4O2. The Bertz CT molecular complexity index is 1030. The van der Waals surface area contributed by atoms with Gasteiger partial charge in [0.25, 0.3) is 0 Å². The topological polar surface area (TPSA) is 60.4 Å². The molecule has 1 aliphatic carbocycles. The Kier molecular flexibility index (Phi) is 6.47. The van der Waals surface area contributed by atoms with E-state index in [1.54, 1.807) is 0 Å². The number of fused-ring (bicyclic) bond motifs is 2. The highest BCUT2D eigenvalue weighted by molar-refractivity contribution is 6.30. The highest BCUT2D eigenvalue weighted by Gasteiger charge is 2.34. The largest absolute Gasteiger partial charge is 0.475 e. The van der Waals surface area contributed by atoms with Crippen LogP contribution in [0, 0.1) is 11.2 Å². The molecule has 0 aromatic carbocycles. The lowest BCUT2D eigenvalue weighted by atomic mass is 9.78. The minimum atomic E-state index is -0.832. The average Bonchev–Trinajstić information content (AvgIpc) is 3.09. The van der Waals surface area contributed by atoms with Gasteiger partial charge in [-0.1, -0.05) is 50.6 Å². The summed E-state index contributed by atoms with van der Waals surface area (Å²) in [5.41, 5.74) is -0.263.